The molecule has 10 nitrogen and oxygen atoms in total. The Hall–Kier alpha value is -3.53. The minimum absolute atomic E-state index is 0.0772. The molecule has 1 aliphatic carbocycles. The van der Waals surface area contributed by atoms with Crippen LogP contribution >= 0.6 is 0 Å². The Labute approximate surface area is 208 Å². The highest BCUT2D eigenvalue weighted by Crippen LogP contribution is 2.34. The van der Waals surface area contributed by atoms with E-state index in [2.05, 4.69) is 20.1 Å². The minimum atomic E-state index is -0.502. The van der Waals surface area contributed by atoms with Crippen molar-refractivity contribution in [3.63, 3.8) is 0 Å². The van der Waals surface area contributed by atoms with Crippen molar-refractivity contribution < 1.29 is 29.2 Å². The SMILES string of the molecule is O=C1CCC(N2Cc3cc(O[C@H]4CCCC[C@@H]4N4CC(Oc5cccnn5)C4)ccc3C2=O)C(O)=[NH+]1. The summed E-state index contributed by atoms with van der Waals surface area (Å²) in [6.45, 7) is 2.07. The van der Waals surface area contributed by atoms with Gasteiger partial charge in [-0.05, 0) is 55.5 Å². The second-order valence-electron chi connectivity index (χ2n) is 10.0. The van der Waals surface area contributed by atoms with Crippen molar-refractivity contribution in [3.8, 4) is 11.6 Å². The largest absolute Gasteiger partial charge is 0.489 e. The Bertz CT molecular complexity index is 1180. The molecule has 10 heteroatoms. The lowest BCUT2D eigenvalue weighted by Crippen LogP contribution is -2.82. The normalized spacial score (nSPS) is 26.8. The second-order valence-corrected chi connectivity index (χ2v) is 10.0. The highest BCUT2D eigenvalue weighted by atomic mass is 16.5. The molecule has 3 aliphatic heterocycles. The number of amides is 2. The van der Waals surface area contributed by atoms with E-state index in [0.717, 1.165) is 43.7 Å². The quantitative estimate of drug-likeness (QED) is 0.602. The van der Waals surface area contributed by atoms with Crippen LogP contribution in [0, 0.1) is 0 Å². The van der Waals surface area contributed by atoms with Crippen molar-refractivity contribution >= 4 is 17.7 Å². The zero-order valence-corrected chi connectivity index (χ0v) is 20.0. The first-order valence-corrected chi connectivity index (χ1v) is 12.7. The number of carbonyl (C=O) groups is 2. The van der Waals surface area contributed by atoms with Gasteiger partial charge in [-0.25, -0.2) is 4.79 Å². The van der Waals surface area contributed by atoms with Crippen LogP contribution in [0.1, 0.15) is 54.4 Å². The monoisotopic (exact) mass is 492 g/mol. The van der Waals surface area contributed by atoms with Gasteiger partial charge in [0.15, 0.2) is 6.04 Å². The molecule has 4 heterocycles. The summed E-state index contributed by atoms with van der Waals surface area (Å²) in [5.41, 5.74) is 1.51. The molecule has 36 heavy (non-hydrogen) atoms. The van der Waals surface area contributed by atoms with Crippen LogP contribution in [-0.4, -0.2) is 80.2 Å². The average molecular weight is 493 g/mol. The third-order valence-electron chi connectivity index (χ3n) is 7.65. The Morgan fingerprint density at radius 1 is 1.06 bits per heavy atom. The maximum absolute atomic E-state index is 13.0. The van der Waals surface area contributed by atoms with Crippen LogP contribution in [0.2, 0.25) is 0 Å². The van der Waals surface area contributed by atoms with E-state index >= 15 is 0 Å². The maximum Gasteiger partial charge on any atom is 0.388 e. The van der Waals surface area contributed by atoms with Gasteiger partial charge in [0, 0.05) is 43.5 Å². The van der Waals surface area contributed by atoms with E-state index in [9.17, 15) is 14.7 Å². The molecule has 1 aromatic carbocycles. The van der Waals surface area contributed by atoms with Crippen LogP contribution in [0.3, 0.4) is 0 Å². The molecule has 2 N–H and O–H groups in total. The summed E-state index contributed by atoms with van der Waals surface area (Å²) in [7, 11) is 0. The van der Waals surface area contributed by atoms with E-state index in [4.69, 9.17) is 9.47 Å². The molecule has 6 rings (SSSR count). The van der Waals surface area contributed by atoms with Crippen molar-refractivity contribution in [3.05, 3.63) is 47.7 Å². The molecule has 4 aliphatic rings. The van der Waals surface area contributed by atoms with Gasteiger partial charge in [0.1, 0.15) is 18.0 Å². The lowest BCUT2D eigenvalue weighted by atomic mass is 9.89. The lowest BCUT2D eigenvalue weighted by molar-refractivity contribution is -0.394. The molecule has 1 aromatic heterocycles. The van der Waals surface area contributed by atoms with Crippen molar-refractivity contribution in [2.24, 2.45) is 0 Å². The number of aromatic nitrogens is 2. The fourth-order valence-electron chi connectivity index (χ4n) is 5.78. The molecule has 0 bridgehead atoms. The van der Waals surface area contributed by atoms with Gasteiger partial charge < -0.3 is 19.5 Å². The van der Waals surface area contributed by atoms with Crippen molar-refractivity contribution in [2.45, 2.75) is 69.4 Å². The number of fused-ring (bicyclic) bond motifs is 1. The van der Waals surface area contributed by atoms with Gasteiger partial charge in [0.2, 0.25) is 5.88 Å². The average Bonchev–Trinajstić information content (AvgIpc) is 3.18. The third-order valence-corrected chi connectivity index (χ3v) is 7.65. The van der Waals surface area contributed by atoms with E-state index in [0.29, 0.717) is 30.5 Å². The smallest absolute Gasteiger partial charge is 0.388 e. The highest BCUT2D eigenvalue weighted by Gasteiger charge is 2.42. The summed E-state index contributed by atoms with van der Waals surface area (Å²) in [6.07, 6.45) is 6.92. The molecule has 1 saturated heterocycles. The molecule has 2 fully saturated rings. The molecule has 2 aromatic rings. The van der Waals surface area contributed by atoms with Gasteiger partial charge >= 0.3 is 11.8 Å². The number of ether oxygens (including phenoxy) is 2. The van der Waals surface area contributed by atoms with Gasteiger partial charge in [-0.1, -0.05) is 6.42 Å². The van der Waals surface area contributed by atoms with Crippen molar-refractivity contribution in [2.75, 3.05) is 13.1 Å². The van der Waals surface area contributed by atoms with Gasteiger partial charge in [-0.15, -0.1) is 10.1 Å². The van der Waals surface area contributed by atoms with Crippen LogP contribution in [-0.2, 0) is 11.3 Å². The Balaban J connectivity index is 1.10. The first kappa shape index (κ1) is 22.9. The number of aliphatic hydroxyl groups is 1. The Morgan fingerprint density at radius 2 is 1.92 bits per heavy atom. The molecular formula is C26H30N5O5+. The number of rotatable bonds is 6. The number of benzene rings is 1. The zero-order valence-electron chi connectivity index (χ0n) is 20.0. The molecule has 1 unspecified atom stereocenters. The number of hydrogen-bond donors (Lipinski definition) is 2. The van der Waals surface area contributed by atoms with E-state index in [1.165, 1.54) is 6.42 Å². The fraction of sp³-hybridized carbons (Fsp3) is 0.500. The number of aliphatic hydroxyl groups excluding tert-OH is 1. The summed E-state index contributed by atoms with van der Waals surface area (Å²) in [5, 5.41) is 18.1. The fourth-order valence-corrected chi connectivity index (χ4v) is 5.78. The molecule has 188 valence electrons. The van der Waals surface area contributed by atoms with Gasteiger partial charge in [-0.3, -0.25) is 9.69 Å². The number of likely N-dealkylation sites (tertiary alicyclic amines) is 1. The third kappa shape index (κ3) is 4.41. The predicted octanol–water partition coefficient (Wildman–Crippen LogP) is 0.612. The Morgan fingerprint density at radius 3 is 2.72 bits per heavy atom. The highest BCUT2D eigenvalue weighted by molar-refractivity contribution is 6.01. The van der Waals surface area contributed by atoms with Crippen molar-refractivity contribution in [1.29, 1.82) is 0 Å². The summed E-state index contributed by atoms with van der Waals surface area (Å²) >= 11 is 0. The molecule has 3 atom stereocenters. The molecule has 2 amide bonds. The number of hydrogen-bond acceptors (Lipinski definition) is 7. The minimum Gasteiger partial charge on any atom is -0.489 e. The molecule has 1 saturated carbocycles. The predicted molar refractivity (Wildman–Crippen MR) is 128 cm³/mol. The zero-order chi connectivity index (χ0) is 24.6. The summed E-state index contributed by atoms with van der Waals surface area (Å²) in [6, 6.07) is 9.11. The lowest BCUT2D eigenvalue weighted by Gasteiger charge is -2.47. The van der Waals surface area contributed by atoms with Crippen LogP contribution < -0.4 is 14.5 Å². The number of nitrogens with zero attached hydrogens (tertiary/aromatic N) is 4. The van der Waals surface area contributed by atoms with E-state index in [1.54, 1.807) is 11.1 Å². The molecular weight excluding hydrogens is 462 g/mol. The topological polar surface area (TPSA) is 119 Å². The molecule has 0 radical (unpaired) electrons. The van der Waals surface area contributed by atoms with E-state index in [-0.39, 0.29) is 36.3 Å². The van der Waals surface area contributed by atoms with Gasteiger partial charge in [0.25, 0.3) is 5.91 Å². The van der Waals surface area contributed by atoms with Gasteiger partial charge in [-0.2, -0.15) is 5.10 Å². The second kappa shape index (κ2) is 9.50. The number of carbonyl (C=O) groups excluding carboxylic acids is 2. The summed E-state index contributed by atoms with van der Waals surface area (Å²) in [5.74, 6) is 0.819. The van der Waals surface area contributed by atoms with Crippen LogP contribution in [0.15, 0.2) is 36.5 Å². The van der Waals surface area contributed by atoms with Crippen LogP contribution in [0.5, 0.6) is 11.6 Å². The Kier molecular flexibility index (Phi) is 6.04. The first-order chi connectivity index (χ1) is 17.5. The van der Waals surface area contributed by atoms with Crippen LogP contribution in [0.4, 0.5) is 0 Å². The summed E-state index contributed by atoms with van der Waals surface area (Å²) in [4.78, 5) is 31.1. The van der Waals surface area contributed by atoms with E-state index in [1.807, 2.05) is 30.3 Å². The molecule has 0 spiro atoms. The maximum atomic E-state index is 13.0. The standard InChI is InChI=1S/C26H29N5O5/c32-23-10-9-21(25(33)28-23)31-13-16-12-17(7-8-19(16)26(31)34)35-22-5-2-1-4-20(22)30-14-18(15-30)36-24-6-3-11-27-29-24/h3,6-8,11-12,18,20-22H,1-2,4-5,9-10,13-15H2,(H,28,32,33)/p+1/t20-,21?,22-/m0/s1. The number of nitrogens with one attached hydrogen (secondary N) is 1. The van der Waals surface area contributed by atoms with Crippen molar-refractivity contribution in [1.82, 2.24) is 20.0 Å². The van der Waals surface area contributed by atoms with Crippen LogP contribution in [0.25, 0.3) is 0 Å². The first-order valence-electron chi connectivity index (χ1n) is 12.7. The van der Waals surface area contributed by atoms with E-state index < -0.39 is 6.04 Å². The van der Waals surface area contributed by atoms with Gasteiger partial charge in [0.05, 0.1) is 6.42 Å². The summed E-state index contributed by atoms with van der Waals surface area (Å²) < 4.78 is 12.4.